The average Bonchev–Trinajstić information content (AvgIpc) is 2.49. The van der Waals surface area contributed by atoms with Crippen LogP contribution in [-0.2, 0) is 0 Å². The largest absolute Gasteiger partial charge is 0.308 e. The maximum atomic E-state index is 4.71. The van der Waals surface area contributed by atoms with E-state index in [1.165, 1.54) is 49.8 Å². The number of hydrogen-bond donors (Lipinski definition) is 1. The fourth-order valence-corrected chi connectivity index (χ4v) is 3.76. The van der Waals surface area contributed by atoms with E-state index in [0.29, 0.717) is 6.04 Å². The minimum Gasteiger partial charge on any atom is -0.308 e. The first-order chi connectivity index (χ1) is 9.77. The van der Waals surface area contributed by atoms with E-state index in [0.717, 1.165) is 18.4 Å². The topological polar surface area (TPSA) is 24.9 Å². The van der Waals surface area contributed by atoms with E-state index in [-0.39, 0.29) is 0 Å². The van der Waals surface area contributed by atoms with Crippen LogP contribution in [0.1, 0.15) is 69.7 Å². The van der Waals surface area contributed by atoms with E-state index in [2.05, 4.69) is 32.2 Å². The molecule has 0 spiro atoms. The van der Waals surface area contributed by atoms with Gasteiger partial charge in [0.15, 0.2) is 0 Å². The van der Waals surface area contributed by atoms with Gasteiger partial charge in [-0.15, -0.1) is 0 Å². The van der Waals surface area contributed by atoms with Crippen LogP contribution >= 0.6 is 0 Å². The molecular weight excluding hydrogens is 244 g/mol. The molecule has 2 rings (SSSR count). The zero-order valence-corrected chi connectivity index (χ0v) is 13.4. The molecule has 1 aliphatic carbocycles. The quantitative estimate of drug-likeness (QED) is 0.817. The van der Waals surface area contributed by atoms with Crippen molar-refractivity contribution in [2.45, 2.75) is 65.3 Å². The summed E-state index contributed by atoms with van der Waals surface area (Å²) in [4.78, 5) is 4.71. The molecule has 0 aromatic carbocycles. The van der Waals surface area contributed by atoms with E-state index < -0.39 is 0 Å². The van der Waals surface area contributed by atoms with Gasteiger partial charge in [-0.25, -0.2) is 0 Å². The van der Waals surface area contributed by atoms with Crippen LogP contribution in [0.25, 0.3) is 0 Å². The summed E-state index contributed by atoms with van der Waals surface area (Å²) in [6, 6.07) is 4.70. The minimum atomic E-state index is 0.446. The number of aromatic nitrogens is 1. The van der Waals surface area contributed by atoms with Crippen LogP contribution < -0.4 is 5.32 Å². The number of rotatable bonds is 6. The summed E-state index contributed by atoms with van der Waals surface area (Å²) in [5.41, 5.74) is 2.62. The van der Waals surface area contributed by atoms with Gasteiger partial charge in [-0.3, -0.25) is 4.98 Å². The van der Waals surface area contributed by atoms with Gasteiger partial charge in [-0.2, -0.15) is 0 Å². The molecule has 0 amide bonds. The molecular formula is C18H30N2. The van der Waals surface area contributed by atoms with Gasteiger partial charge < -0.3 is 5.32 Å². The van der Waals surface area contributed by atoms with Gasteiger partial charge in [0, 0.05) is 6.20 Å². The van der Waals surface area contributed by atoms with E-state index in [1.807, 2.05) is 12.3 Å². The molecule has 1 aliphatic rings. The van der Waals surface area contributed by atoms with Gasteiger partial charge in [0.2, 0.25) is 0 Å². The predicted octanol–water partition coefficient (Wildman–Crippen LogP) is 4.65. The van der Waals surface area contributed by atoms with Gasteiger partial charge in [0.05, 0.1) is 11.7 Å². The molecule has 112 valence electrons. The molecule has 1 fully saturated rings. The Kier molecular flexibility index (Phi) is 6.03. The van der Waals surface area contributed by atoms with Gasteiger partial charge in [0.25, 0.3) is 0 Å². The number of nitrogens with zero attached hydrogens (tertiary/aromatic N) is 1. The SMILES string of the molecule is CCCNC(c1ncccc1C)C1CCCCC1CC. The lowest BCUT2D eigenvalue weighted by Gasteiger charge is -2.37. The molecule has 2 heteroatoms. The third kappa shape index (κ3) is 3.60. The molecule has 20 heavy (non-hydrogen) atoms. The van der Waals surface area contributed by atoms with Crippen LogP contribution in [0.2, 0.25) is 0 Å². The van der Waals surface area contributed by atoms with Crippen molar-refractivity contribution in [2.24, 2.45) is 11.8 Å². The van der Waals surface area contributed by atoms with Crippen molar-refractivity contribution in [3.63, 3.8) is 0 Å². The van der Waals surface area contributed by atoms with Crippen molar-refractivity contribution in [3.05, 3.63) is 29.6 Å². The highest BCUT2D eigenvalue weighted by molar-refractivity contribution is 5.22. The molecule has 1 N–H and O–H groups in total. The molecule has 2 nitrogen and oxygen atoms in total. The lowest BCUT2D eigenvalue weighted by Crippen LogP contribution is -2.35. The van der Waals surface area contributed by atoms with Crippen LogP contribution in [0.3, 0.4) is 0 Å². The summed E-state index contributed by atoms with van der Waals surface area (Å²) in [6.45, 7) is 7.89. The summed E-state index contributed by atoms with van der Waals surface area (Å²) in [6.07, 6.45) is 10.0. The average molecular weight is 274 g/mol. The first-order valence-corrected chi connectivity index (χ1v) is 8.42. The lowest BCUT2D eigenvalue weighted by molar-refractivity contribution is 0.173. The third-order valence-corrected chi connectivity index (χ3v) is 4.88. The number of nitrogens with one attached hydrogen (secondary N) is 1. The van der Waals surface area contributed by atoms with E-state index >= 15 is 0 Å². The Morgan fingerprint density at radius 2 is 2.10 bits per heavy atom. The molecule has 1 heterocycles. The van der Waals surface area contributed by atoms with Crippen LogP contribution in [0, 0.1) is 18.8 Å². The fourth-order valence-electron chi connectivity index (χ4n) is 3.76. The smallest absolute Gasteiger partial charge is 0.0605 e. The van der Waals surface area contributed by atoms with Gasteiger partial charge in [-0.05, 0) is 49.8 Å². The van der Waals surface area contributed by atoms with Gasteiger partial charge in [0.1, 0.15) is 0 Å². The zero-order chi connectivity index (χ0) is 14.4. The Balaban J connectivity index is 2.24. The highest BCUT2D eigenvalue weighted by Crippen LogP contribution is 2.40. The van der Waals surface area contributed by atoms with Crippen molar-refractivity contribution in [1.82, 2.24) is 10.3 Å². The summed E-state index contributed by atoms with van der Waals surface area (Å²) in [5.74, 6) is 1.62. The Bertz CT molecular complexity index is 402. The summed E-state index contributed by atoms with van der Waals surface area (Å²) in [5, 5.41) is 3.80. The summed E-state index contributed by atoms with van der Waals surface area (Å²) >= 11 is 0. The predicted molar refractivity (Wildman–Crippen MR) is 85.7 cm³/mol. The van der Waals surface area contributed by atoms with Crippen LogP contribution in [-0.4, -0.2) is 11.5 Å². The second kappa shape index (κ2) is 7.78. The Morgan fingerprint density at radius 3 is 2.80 bits per heavy atom. The van der Waals surface area contributed by atoms with Gasteiger partial charge in [-0.1, -0.05) is 45.6 Å². The normalized spacial score (nSPS) is 24.6. The van der Waals surface area contributed by atoms with E-state index in [1.54, 1.807) is 0 Å². The first kappa shape index (κ1) is 15.5. The second-order valence-corrected chi connectivity index (χ2v) is 6.25. The molecule has 0 radical (unpaired) electrons. The second-order valence-electron chi connectivity index (χ2n) is 6.25. The Labute approximate surface area is 124 Å². The Morgan fingerprint density at radius 1 is 1.30 bits per heavy atom. The molecule has 1 saturated carbocycles. The molecule has 0 aliphatic heterocycles. The van der Waals surface area contributed by atoms with Crippen molar-refractivity contribution >= 4 is 0 Å². The monoisotopic (exact) mass is 274 g/mol. The number of pyridine rings is 1. The molecule has 1 aromatic rings. The zero-order valence-electron chi connectivity index (χ0n) is 13.4. The molecule has 3 atom stereocenters. The standard InChI is InChI=1S/C18H30N2/c1-4-12-19-18(17-14(3)9-8-13-20-17)16-11-7-6-10-15(16)5-2/h8-9,13,15-16,18-19H,4-7,10-12H2,1-3H3. The fraction of sp³-hybridized carbons (Fsp3) is 0.722. The van der Waals surface area contributed by atoms with Crippen molar-refractivity contribution in [2.75, 3.05) is 6.54 Å². The lowest BCUT2D eigenvalue weighted by atomic mass is 9.72. The molecule has 0 bridgehead atoms. The van der Waals surface area contributed by atoms with E-state index in [9.17, 15) is 0 Å². The maximum Gasteiger partial charge on any atom is 0.0605 e. The minimum absolute atomic E-state index is 0.446. The van der Waals surface area contributed by atoms with Crippen LogP contribution in [0.15, 0.2) is 18.3 Å². The third-order valence-electron chi connectivity index (χ3n) is 4.88. The summed E-state index contributed by atoms with van der Waals surface area (Å²) < 4.78 is 0. The summed E-state index contributed by atoms with van der Waals surface area (Å²) in [7, 11) is 0. The first-order valence-electron chi connectivity index (χ1n) is 8.42. The van der Waals surface area contributed by atoms with Crippen molar-refractivity contribution in [1.29, 1.82) is 0 Å². The Hall–Kier alpha value is -0.890. The van der Waals surface area contributed by atoms with Crippen LogP contribution in [0.4, 0.5) is 0 Å². The molecule has 1 aromatic heterocycles. The number of hydrogen-bond acceptors (Lipinski definition) is 2. The van der Waals surface area contributed by atoms with E-state index in [4.69, 9.17) is 4.98 Å². The highest BCUT2D eigenvalue weighted by Gasteiger charge is 2.32. The van der Waals surface area contributed by atoms with Crippen LogP contribution in [0.5, 0.6) is 0 Å². The molecule has 0 saturated heterocycles. The van der Waals surface area contributed by atoms with Crippen molar-refractivity contribution in [3.8, 4) is 0 Å². The van der Waals surface area contributed by atoms with Crippen molar-refractivity contribution < 1.29 is 0 Å². The maximum absolute atomic E-state index is 4.71. The molecule has 3 unspecified atom stereocenters. The van der Waals surface area contributed by atoms with Gasteiger partial charge >= 0.3 is 0 Å². The number of aryl methyl sites for hydroxylation is 1. The highest BCUT2D eigenvalue weighted by atomic mass is 14.9.